The molecule has 8 atom stereocenters. The Kier molecular flexibility index (Phi) is 3.97. The zero-order chi connectivity index (χ0) is 20.8. The molecule has 4 aliphatic rings. The third-order valence-electron chi connectivity index (χ3n) is 6.76. The molecule has 0 aromatic heterocycles. The topological polar surface area (TPSA) is 126 Å². The second-order valence-electron chi connectivity index (χ2n) is 8.12. The zero-order valence-electron chi connectivity index (χ0n) is 16.1. The van der Waals surface area contributed by atoms with Crippen molar-refractivity contribution in [2.24, 2.45) is 5.92 Å². The molecule has 28 heavy (non-hydrogen) atoms. The number of carbonyl (C=O) groups excluding carboxylic acids is 2. The first kappa shape index (κ1) is 19.3. The fourth-order valence-corrected chi connectivity index (χ4v) is 4.91. The van der Waals surface area contributed by atoms with Crippen molar-refractivity contribution in [3.05, 3.63) is 34.9 Å². The van der Waals surface area contributed by atoms with E-state index >= 15 is 0 Å². The molecule has 2 aliphatic carbocycles. The molecule has 2 aliphatic heterocycles. The van der Waals surface area contributed by atoms with Crippen molar-refractivity contribution < 1.29 is 39.1 Å². The Morgan fingerprint density at radius 3 is 2.57 bits per heavy atom. The lowest BCUT2D eigenvalue weighted by molar-refractivity contribution is -0.163. The van der Waals surface area contributed by atoms with Gasteiger partial charge in [-0.2, -0.15) is 0 Å². The minimum absolute atomic E-state index is 0.0223. The lowest BCUT2D eigenvalue weighted by atomic mass is 9.76. The molecule has 2 saturated heterocycles. The van der Waals surface area contributed by atoms with Crippen molar-refractivity contribution in [3.63, 3.8) is 0 Å². The van der Waals surface area contributed by atoms with Crippen LogP contribution >= 0.6 is 0 Å². The molecule has 8 unspecified atom stereocenters. The number of epoxide rings is 1. The summed E-state index contributed by atoms with van der Waals surface area (Å²) in [4.78, 5) is 24.6. The Balaban J connectivity index is 1.88. The highest BCUT2D eigenvalue weighted by Gasteiger charge is 2.82. The normalized spacial score (nSPS) is 47.2. The van der Waals surface area contributed by atoms with Crippen LogP contribution < -0.4 is 0 Å². The minimum atomic E-state index is -1.88. The minimum Gasteiger partial charge on any atom is -0.455 e. The van der Waals surface area contributed by atoms with Crippen molar-refractivity contribution in [2.45, 2.75) is 69.4 Å². The van der Waals surface area contributed by atoms with Crippen LogP contribution in [0.15, 0.2) is 34.9 Å². The van der Waals surface area contributed by atoms with Crippen molar-refractivity contribution in [1.29, 1.82) is 0 Å². The van der Waals surface area contributed by atoms with Crippen LogP contribution in [0.4, 0.5) is 0 Å². The van der Waals surface area contributed by atoms with Gasteiger partial charge in [-0.3, -0.25) is 0 Å². The second-order valence-corrected chi connectivity index (χ2v) is 8.12. The Labute approximate surface area is 162 Å². The fourth-order valence-electron chi connectivity index (χ4n) is 4.91. The molecule has 0 radical (unpaired) electrons. The van der Waals surface area contributed by atoms with Gasteiger partial charge in [0, 0.05) is 16.7 Å². The highest BCUT2D eigenvalue weighted by molar-refractivity contribution is 5.92. The van der Waals surface area contributed by atoms with Crippen LogP contribution in [0.25, 0.3) is 0 Å². The standard InChI is InChI=1S/C20H24O8/c1-6-7(2)17(23)26-14-9(4)11-13(22)16-19(5,28-16)20(11,25)15-10(12(14)21)8(3)18(24)27-15/h6,10,12-16,21-22,25H,3H2,1-2,4-5H3. The number of fused-ring (bicyclic) bond motifs is 5. The number of aliphatic hydroxyl groups excluding tert-OH is 2. The van der Waals surface area contributed by atoms with E-state index in [9.17, 15) is 24.9 Å². The summed E-state index contributed by atoms with van der Waals surface area (Å²) < 4.78 is 16.5. The molecule has 8 heteroatoms. The first-order valence-corrected chi connectivity index (χ1v) is 9.21. The van der Waals surface area contributed by atoms with E-state index in [1.807, 2.05) is 0 Å². The third kappa shape index (κ3) is 2.09. The van der Waals surface area contributed by atoms with Crippen molar-refractivity contribution in [3.8, 4) is 0 Å². The fraction of sp³-hybridized carbons (Fsp3) is 0.600. The van der Waals surface area contributed by atoms with Crippen LogP contribution in [0.1, 0.15) is 27.7 Å². The van der Waals surface area contributed by atoms with Crippen LogP contribution in [-0.2, 0) is 23.8 Å². The molecule has 0 aromatic rings. The summed E-state index contributed by atoms with van der Waals surface area (Å²) >= 11 is 0. The van der Waals surface area contributed by atoms with Crippen LogP contribution in [0.5, 0.6) is 0 Å². The molecule has 4 rings (SSSR count). The van der Waals surface area contributed by atoms with Gasteiger partial charge in [0.15, 0.2) is 5.60 Å². The number of hydrogen-bond acceptors (Lipinski definition) is 8. The van der Waals surface area contributed by atoms with Gasteiger partial charge in [0.1, 0.15) is 36.1 Å². The Morgan fingerprint density at radius 2 is 1.96 bits per heavy atom. The number of rotatable bonds is 2. The van der Waals surface area contributed by atoms with Gasteiger partial charge in [-0.05, 0) is 33.3 Å². The maximum absolute atomic E-state index is 12.4. The maximum atomic E-state index is 12.4. The molecule has 2 heterocycles. The first-order valence-electron chi connectivity index (χ1n) is 9.21. The second kappa shape index (κ2) is 5.76. The van der Waals surface area contributed by atoms with E-state index in [2.05, 4.69) is 6.58 Å². The number of hydrogen-bond donors (Lipinski definition) is 3. The number of allylic oxidation sites excluding steroid dienone is 1. The average molecular weight is 392 g/mol. The van der Waals surface area contributed by atoms with Crippen LogP contribution in [0.3, 0.4) is 0 Å². The summed E-state index contributed by atoms with van der Waals surface area (Å²) in [5, 5.41) is 33.5. The highest BCUT2D eigenvalue weighted by atomic mass is 16.7. The molecule has 1 saturated carbocycles. The van der Waals surface area contributed by atoms with Gasteiger partial charge in [0.25, 0.3) is 0 Å². The number of carbonyl (C=O) groups is 2. The van der Waals surface area contributed by atoms with Gasteiger partial charge < -0.3 is 29.5 Å². The van der Waals surface area contributed by atoms with E-state index in [4.69, 9.17) is 14.2 Å². The summed E-state index contributed by atoms with van der Waals surface area (Å²) in [7, 11) is 0. The lowest BCUT2D eigenvalue weighted by Crippen LogP contribution is -2.56. The van der Waals surface area contributed by atoms with Gasteiger partial charge in [0.2, 0.25) is 0 Å². The third-order valence-corrected chi connectivity index (χ3v) is 6.76. The Morgan fingerprint density at radius 1 is 1.32 bits per heavy atom. The molecular weight excluding hydrogens is 368 g/mol. The molecule has 0 bridgehead atoms. The largest absolute Gasteiger partial charge is 0.455 e. The maximum Gasteiger partial charge on any atom is 0.334 e. The Hall–Kier alpha value is -2.00. The Bertz CT molecular complexity index is 856. The van der Waals surface area contributed by atoms with Crippen molar-refractivity contribution in [1.82, 2.24) is 0 Å². The van der Waals surface area contributed by atoms with E-state index < -0.39 is 59.6 Å². The van der Waals surface area contributed by atoms with Gasteiger partial charge in [-0.25, -0.2) is 9.59 Å². The quantitative estimate of drug-likeness (QED) is 0.258. The zero-order valence-corrected chi connectivity index (χ0v) is 16.1. The van der Waals surface area contributed by atoms with Crippen molar-refractivity contribution in [2.75, 3.05) is 0 Å². The van der Waals surface area contributed by atoms with Crippen LogP contribution in [0.2, 0.25) is 0 Å². The highest BCUT2D eigenvalue weighted by Crippen LogP contribution is 2.64. The molecular formula is C20H24O8. The smallest absolute Gasteiger partial charge is 0.334 e. The van der Waals surface area contributed by atoms with E-state index in [-0.39, 0.29) is 11.1 Å². The number of ether oxygens (including phenoxy) is 3. The van der Waals surface area contributed by atoms with Crippen molar-refractivity contribution >= 4 is 11.9 Å². The molecule has 3 N–H and O–H groups in total. The SMILES string of the molecule is C=C1C(=O)OC2C1C(O)C(OC(=O)C(C)=CC)C(C)=C1C(O)C3OC3(C)C12O. The lowest BCUT2D eigenvalue weighted by Gasteiger charge is -2.37. The number of esters is 2. The summed E-state index contributed by atoms with van der Waals surface area (Å²) in [6.45, 7) is 10.2. The van der Waals surface area contributed by atoms with Crippen LogP contribution in [0, 0.1) is 5.92 Å². The predicted molar refractivity (Wildman–Crippen MR) is 94.8 cm³/mol. The van der Waals surface area contributed by atoms with Gasteiger partial charge in [-0.1, -0.05) is 12.7 Å². The monoisotopic (exact) mass is 392 g/mol. The van der Waals surface area contributed by atoms with Gasteiger partial charge >= 0.3 is 11.9 Å². The summed E-state index contributed by atoms with van der Waals surface area (Å²) in [5.41, 5.74) is -2.27. The van der Waals surface area contributed by atoms with Crippen LogP contribution in [-0.4, -0.2) is 69.0 Å². The van der Waals surface area contributed by atoms with E-state index in [1.165, 1.54) is 0 Å². The van der Waals surface area contributed by atoms with E-state index in [0.717, 1.165) is 0 Å². The molecule has 0 amide bonds. The molecule has 0 spiro atoms. The summed E-state index contributed by atoms with van der Waals surface area (Å²) in [6.07, 6.45) is -4.10. The average Bonchev–Trinajstić information content (AvgIpc) is 3.23. The summed E-state index contributed by atoms with van der Waals surface area (Å²) in [6, 6.07) is 0. The summed E-state index contributed by atoms with van der Waals surface area (Å²) in [5.74, 6) is -2.43. The molecule has 8 nitrogen and oxygen atoms in total. The van der Waals surface area contributed by atoms with Gasteiger partial charge in [0.05, 0.1) is 5.92 Å². The predicted octanol–water partition coefficient (Wildman–Crippen LogP) is -0.0837. The van der Waals surface area contributed by atoms with E-state index in [1.54, 1.807) is 33.8 Å². The molecule has 3 fully saturated rings. The molecule has 0 aromatic carbocycles. The number of aliphatic hydroxyl groups is 3. The van der Waals surface area contributed by atoms with E-state index in [0.29, 0.717) is 11.1 Å². The van der Waals surface area contributed by atoms with Gasteiger partial charge in [-0.15, -0.1) is 0 Å². The molecule has 152 valence electrons. The first-order chi connectivity index (χ1) is 13.0.